The lowest BCUT2D eigenvalue weighted by molar-refractivity contribution is -0.0442. The van der Waals surface area contributed by atoms with Crippen LogP contribution in [-0.4, -0.2) is 29.5 Å². The van der Waals surface area contributed by atoms with Crippen LogP contribution in [0.1, 0.15) is 30.1 Å². The van der Waals surface area contributed by atoms with E-state index in [1.54, 1.807) is 7.11 Å². The lowest BCUT2D eigenvalue weighted by atomic mass is 9.99. The van der Waals surface area contributed by atoms with Gasteiger partial charge in [0.25, 0.3) is 0 Å². The van der Waals surface area contributed by atoms with Crippen LogP contribution in [0.4, 0.5) is 0 Å². The first kappa shape index (κ1) is 16.2. The van der Waals surface area contributed by atoms with Gasteiger partial charge in [0, 0.05) is 42.2 Å². The first-order valence-corrected chi connectivity index (χ1v) is 8.75. The van der Waals surface area contributed by atoms with Crippen LogP contribution in [0.15, 0.2) is 54.7 Å². The standard InChI is InChI=1S/C21H23NO3/c1-24-17-8-6-15(7-9-17)13-22-14-19(18-4-2-3-5-20(18)22)21-12-16(23)10-11-25-21/h2-9,14,16,21,23H,10-13H2,1H3/t16-,21+/m0/s1. The summed E-state index contributed by atoms with van der Waals surface area (Å²) in [5.41, 5.74) is 3.58. The van der Waals surface area contributed by atoms with Gasteiger partial charge in [-0.3, -0.25) is 0 Å². The van der Waals surface area contributed by atoms with Crippen LogP contribution in [0.5, 0.6) is 5.75 Å². The van der Waals surface area contributed by atoms with E-state index in [4.69, 9.17) is 9.47 Å². The van der Waals surface area contributed by atoms with E-state index >= 15 is 0 Å². The molecule has 2 aromatic carbocycles. The average Bonchev–Trinajstić information content (AvgIpc) is 3.01. The van der Waals surface area contributed by atoms with Crippen molar-refractivity contribution in [2.45, 2.75) is 31.6 Å². The molecule has 1 N–H and O–H groups in total. The first-order valence-electron chi connectivity index (χ1n) is 8.75. The van der Waals surface area contributed by atoms with Gasteiger partial charge in [-0.2, -0.15) is 0 Å². The van der Waals surface area contributed by atoms with Crippen molar-refractivity contribution in [3.8, 4) is 5.75 Å². The topological polar surface area (TPSA) is 43.6 Å². The van der Waals surface area contributed by atoms with Gasteiger partial charge in [-0.15, -0.1) is 0 Å². The van der Waals surface area contributed by atoms with Crippen LogP contribution < -0.4 is 4.74 Å². The second-order valence-electron chi connectivity index (χ2n) is 6.62. The molecule has 25 heavy (non-hydrogen) atoms. The summed E-state index contributed by atoms with van der Waals surface area (Å²) < 4.78 is 13.4. The molecule has 0 radical (unpaired) electrons. The Morgan fingerprint density at radius 1 is 1.16 bits per heavy atom. The number of hydrogen-bond donors (Lipinski definition) is 1. The summed E-state index contributed by atoms with van der Waals surface area (Å²) in [5, 5.41) is 11.2. The Labute approximate surface area is 147 Å². The van der Waals surface area contributed by atoms with E-state index in [0.29, 0.717) is 13.0 Å². The maximum Gasteiger partial charge on any atom is 0.118 e. The maximum atomic E-state index is 10.0. The molecule has 4 nitrogen and oxygen atoms in total. The van der Waals surface area contributed by atoms with E-state index in [0.717, 1.165) is 18.7 Å². The predicted octanol–water partition coefficient (Wildman–Crippen LogP) is 3.91. The molecular formula is C21H23NO3. The zero-order valence-corrected chi connectivity index (χ0v) is 14.4. The van der Waals surface area contributed by atoms with E-state index < -0.39 is 0 Å². The van der Waals surface area contributed by atoms with Gasteiger partial charge in [0.1, 0.15) is 5.75 Å². The molecule has 0 unspecified atom stereocenters. The Hall–Kier alpha value is -2.30. The van der Waals surface area contributed by atoms with Gasteiger partial charge in [-0.05, 0) is 30.2 Å². The van der Waals surface area contributed by atoms with Crippen molar-refractivity contribution in [2.24, 2.45) is 0 Å². The third-order valence-corrected chi connectivity index (χ3v) is 4.93. The maximum absolute atomic E-state index is 10.0. The van der Waals surface area contributed by atoms with Crippen molar-refractivity contribution in [1.82, 2.24) is 4.57 Å². The zero-order valence-electron chi connectivity index (χ0n) is 14.4. The third-order valence-electron chi connectivity index (χ3n) is 4.93. The molecule has 4 rings (SSSR count). The monoisotopic (exact) mass is 337 g/mol. The molecule has 0 amide bonds. The Balaban J connectivity index is 1.69. The molecule has 0 spiro atoms. The number of aliphatic hydroxyl groups is 1. The van der Waals surface area contributed by atoms with E-state index in [2.05, 4.69) is 47.2 Å². The number of nitrogens with zero attached hydrogens (tertiary/aromatic N) is 1. The van der Waals surface area contributed by atoms with Gasteiger partial charge < -0.3 is 19.1 Å². The van der Waals surface area contributed by atoms with Crippen LogP contribution >= 0.6 is 0 Å². The van der Waals surface area contributed by atoms with Gasteiger partial charge in [-0.25, -0.2) is 0 Å². The molecule has 1 aliphatic heterocycles. The van der Waals surface area contributed by atoms with Gasteiger partial charge in [-0.1, -0.05) is 30.3 Å². The molecule has 3 aromatic rings. The fraction of sp³-hybridized carbons (Fsp3) is 0.333. The number of aromatic nitrogens is 1. The molecule has 0 saturated carbocycles. The van der Waals surface area contributed by atoms with E-state index in [1.807, 2.05) is 12.1 Å². The zero-order chi connectivity index (χ0) is 17.2. The van der Waals surface area contributed by atoms with Gasteiger partial charge in [0.15, 0.2) is 0 Å². The lowest BCUT2D eigenvalue weighted by Gasteiger charge is -2.26. The van der Waals surface area contributed by atoms with Crippen molar-refractivity contribution in [2.75, 3.05) is 13.7 Å². The number of hydrogen-bond acceptors (Lipinski definition) is 3. The number of aliphatic hydroxyl groups excluding tert-OH is 1. The smallest absolute Gasteiger partial charge is 0.118 e. The van der Waals surface area contributed by atoms with Crippen LogP contribution in [0.25, 0.3) is 10.9 Å². The summed E-state index contributed by atoms with van der Waals surface area (Å²) >= 11 is 0. The third kappa shape index (κ3) is 3.28. The van der Waals surface area contributed by atoms with E-state index in [-0.39, 0.29) is 12.2 Å². The molecule has 2 atom stereocenters. The predicted molar refractivity (Wildman–Crippen MR) is 98.0 cm³/mol. The van der Waals surface area contributed by atoms with Crippen LogP contribution in [0.2, 0.25) is 0 Å². The summed E-state index contributed by atoms with van der Waals surface area (Å²) in [6.45, 7) is 1.41. The quantitative estimate of drug-likeness (QED) is 0.785. The summed E-state index contributed by atoms with van der Waals surface area (Å²) in [6, 6.07) is 16.6. The molecular weight excluding hydrogens is 314 g/mol. The molecule has 1 fully saturated rings. The van der Waals surface area contributed by atoms with Crippen molar-refractivity contribution in [3.63, 3.8) is 0 Å². The number of para-hydroxylation sites is 1. The lowest BCUT2D eigenvalue weighted by Crippen LogP contribution is -2.23. The van der Waals surface area contributed by atoms with Crippen molar-refractivity contribution in [3.05, 3.63) is 65.9 Å². The molecule has 1 saturated heterocycles. The SMILES string of the molecule is COc1ccc(Cn2cc([C@H]3C[C@@H](O)CCO3)c3ccccc32)cc1. The molecule has 1 aliphatic rings. The number of fused-ring (bicyclic) bond motifs is 1. The number of ether oxygens (including phenoxy) is 2. The van der Waals surface area contributed by atoms with E-state index in [9.17, 15) is 5.11 Å². The second kappa shape index (κ2) is 6.90. The minimum atomic E-state index is -0.276. The molecule has 2 heterocycles. The Morgan fingerprint density at radius 2 is 1.96 bits per heavy atom. The summed E-state index contributed by atoms with van der Waals surface area (Å²) in [7, 11) is 1.68. The molecule has 4 heteroatoms. The van der Waals surface area contributed by atoms with Crippen molar-refractivity contribution < 1.29 is 14.6 Å². The number of benzene rings is 2. The minimum Gasteiger partial charge on any atom is -0.497 e. The molecule has 1 aromatic heterocycles. The second-order valence-corrected chi connectivity index (χ2v) is 6.62. The minimum absolute atomic E-state index is 0.0363. The number of rotatable bonds is 4. The summed E-state index contributed by atoms with van der Waals surface area (Å²) in [6.07, 6.45) is 3.25. The highest BCUT2D eigenvalue weighted by Crippen LogP contribution is 2.34. The Morgan fingerprint density at radius 3 is 2.72 bits per heavy atom. The average molecular weight is 337 g/mol. The van der Waals surface area contributed by atoms with E-state index in [1.165, 1.54) is 22.0 Å². The van der Waals surface area contributed by atoms with Gasteiger partial charge in [0.2, 0.25) is 0 Å². The summed E-state index contributed by atoms with van der Waals surface area (Å²) in [5.74, 6) is 0.867. The van der Waals surface area contributed by atoms with Crippen LogP contribution in [-0.2, 0) is 11.3 Å². The highest BCUT2D eigenvalue weighted by atomic mass is 16.5. The highest BCUT2D eigenvalue weighted by Gasteiger charge is 2.25. The molecule has 130 valence electrons. The highest BCUT2D eigenvalue weighted by molar-refractivity contribution is 5.84. The normalized spacial score (nSPS) is 20.7. The fourth-order valence-electron chi connectivity index (χ4n) is 3.59. The van der Waals surface area contributed by atoms with Gasteiger partial charge >= 0.3 is 0 Å². The fourth-order valence-corrected chi connectivity index (χ4v) is 3.59. The first-order chi connectivity index (χ1) is 12.2. The van der Waals surface area contributed by atoms with Crippen molar-refractivity contribution in [1.29, 1.82) is 0 Å². The van der Waals surface area contributed by atoms with Crippen LogP contribution in [0, 0.1) is 0 Å². The number of methoxy groups -OCH3 is 1. The summed E-state index contributed by atoms with van der Waals surface area (Å²) in [4.78, 5) is 0. The van der Waals surface area contributed by atoms with Gasteiger partial charge in [0.05, 0.1) is 19.3 Å². The molecule has 0 aliphatic carbocycles. The Kier molecular flexibility index (Phi) is 4.47. The van der Waals surface area contributed by atoms with Crippen molar-refractivity contribution >= 4 is 10.9 Å². The largest absolute Gasteiger partial charge is 0.497 e. The Bertz CT molecular complexity index is 853. The van der Waals surface area contributed by atoms with Crippen LogP contribution in [0.3, 0.4) is 0 Å². The molecule has 0 bridgehead atoms.